The van der Waals surface area contributed by atoms with Gasteiger partial charge in [0.2, 0.25) is 0 Å². The van der Waals surface area contributed by atoms with E-state index in [-0.39, 0.29) is 6.04 Å². The first kappa shape index (κ1) is 12.5. The standard InChI is InChI=1S/C12H14ClN3S/c1-8-2-3-10(11(13)4-8)12(16-14)5-9-6-15-7-17-9/h2-4,6-7,12,16H,5,14H2,1H3. The van der Waals surface area contributed by atoms with E-state index in [0.717, 1.165) is 22.6 Å². The van der Waals surface area contributed by atoms with Gasteiger partial charge in [-0.15, -0.1) is 11.3 Å². The smallest absolute Gasteiger partial charge is 0.0794 e. The number of hydrazine groups is 1. The third-order valence-corrected chi connectivity index (χ3v) is 3.75. The zero-order valence-electron chi connectivity index (χ0n) is 9.48. The average molecular weight is 268 g/mol. The molecule has 1 aromatic carbocycles. The lowest BCUT2D eigenvalue weighted by molar-refractivity contribution is 0.555. The van der Waals surface area contributed by atoms with E-state index in [0.29, 0.717) is 0 Å². The van der Waals surface area contributed by atoms with E-state index in [1.165, 1.54) is 4.88 Å². The number of aryl methyl sites for hydroxylation is 1. The van der Waals surface area contributed by atoms with Crippen LogP contribution < -0.4 is 11.3 Å². The van der Waals surface area contributed by atoms with Crippen molar-refractivity contribution in [2.45, 2.75) is 19.4 Å². The zero-order valence-corrected chi connectivity index (χ0v) is 11.1. The molecule has 1 unspecified atom stereocenters. The maximum Gasteiger partial charge on any atom is 0.0794 e. The molecule has 0 saturated heterocycles. The largest absolute Gasteiger partial charge is 0.271 e. The van der Waals surface area contributed by atoms with Crippen LogP contribution in [0.15, 0.2) is 29.9 Å². The molecule has 1 atom stereocenters. The highest BCUT2D eigenvalue weighted by Crippen LogP contribution is 2.27. The Hall–Kier alpha value is -0.940. The minimum Gasteiger partial charge on any atom is -0.271 e. The summed E-state index contributed by atoms with van der Waals surface area (Å²) in [5.74, 6) is 5.60. The Labute approximate surface area is 110 Å². The molecular weight excluding hydrogens is 254 g/mol. The first-order valence-electron chi connectivity index (χ1n) is 5.30. The fourth-order valence-corrected chi connectivity index (χ4v) is 2.73. The van der Waals surface area contributed by atoms with Crippen molar-refractivity contribution in [3.8, 4) is 0 Å². The number of halogens is 1. The molecular formula is C12H14ClN3S. The van der Waals surface area contributed by atoms with Gasteiger partial charge in [-0.05, 0) is 24.1 Å². The molecule has 2 rings (SSSR count). The lowest BCUT2D eigenvalue weighted by Crippen LogP contribution is -2.29. The molecule has 0 aliphatic heterocycles. The second-order valence-electron chi connectivity index (χ2n) is 3.92. The second kappa shape index (κ2) is 5.60. The number of hydrogen-bond acceptors (Lipinski definition) is 4. The molecule has 3 nitrogen and oxygen atoms in total. The van der Waals surface area contributed by atoms with Crippen molar-refractivity contribution in [3.63, 3.8) is 0 Å². The van der Waals surface area contributed by atoms with Gasteiger partial charge in [0.1, 0.15) is 0 Å². The zero-order chi connectivity index (χ0) is 12.3. The number of nitrogens with one attached hydrogen (secondary N) is 1. The van der Waals surface area contributed by atoms with E-state index in [2.05, 4.69) is 10.4 Å². The molecule has 0 spiro atoms. The lowest BCUT2D eigenvalue weighted by Gasteiger charge is -2.17. The van der Waals surface area contributed by atoms with Crippen molar-refractivity contribution >= 4 is 22.9 Å². The summed E-state index contributed by atoms with van der Waals surface area (Å²) in [4.78, 5) is 5.24. The third kappa shape index (κ3) is 3.04. The average Bonchev–Trinajstić information content (AvgIpc) is 2.79. The minimum absolute atomic E-state index is 0.0172. The fraction of sp³-hybridized carbons (Fsp3) is 0.250. The number of nitrogens with zero attached hydrogens (tertiary/aromatic N) is 1. The van der Waals surface area contributed by atoms with Crippen LogP contribution in [-0.4, -0.2) is 4.98 Å². The summed E-state index contributed by atoms with van der Waals surface area (Å²) in [5.41, 5.74) is 6.80. The van der Waals surface area contributed by atoms with E-state index >= 15 is 0 Å². The molecule has 3 N–H and O–H groups in total. The van der Waals surface area contributed by atoms with Crippen LogP contribution >= 0.6 is 22.9 Å². The molecule has 90 valence electrons. The summed E-state index contributed by atoms with van der Waals surface area (Å²) < 4.78 is 0. The molecule has 5 heteroatoms. The van der Waals surface area contributed by atoms with Crippen molar-refractivity contribution in [2.24, 2.45) is 5.84 Å². The minimum atomic E-state index is 0.0172. The molecule has 0 bridgehead atoms. The van der Waals surface area contributed by atoms with E-state index in [9.17, 15) is 0 Å². The third-order valence-electron chi connectivity index (χ3n) is 2.62. The van der Waals surface area contributed by atoms with Gasteiger partial charge in [0.25, 0.3) is 0 Å². The number of benzene rings is 1. The number of thiazole rings is 1. The Morgan fingerprint density at radius 3 is 2.94 bits per heavy atom. The Balaban J connectivity index is 2.23. The molecule has 2 aromatic rings. The summed E-state index contributed by atoms with van der Waals surface area (Å²) in [6, 6.07) is 6.03. The van der Waals surface area contributed by atoms with Crippen molar-refractivity contribution in [1.29, 1.82) is 0 Å². The topological polar surface area (TPSA) is 50.9 Å². The molecule has 1 heterocycles. The summed E-state index contributed by atoms with van der Waals surface area (Å²) in [6.07, 6.45) is 2.65. The first-order valence-corrected chi connectivity index (χ1v) is 6.56. The Kier molecular flexibility index (Phi) is 4.12. The molecule has 1 aromatic heterocycles. The van der Waals surface area contributed by atoms with Gasteiger partial charge in [0, 0.05) is 22.5 Å². The van der Waals surface area contributed by atoms with Gasteiger partial charge in [-0.25, -0.2) is 0 Å². The highest BCUT2D eigenvalue weighted by Gasteiger charge is 2.14. The number of rotatable bonds is 4. The van der Waals surface area contributed by atoms with Crippen molar-refractivity contribution in [2.75, 3.05) is 0 Å². The summed E-state index contributed by atoms with van der Waals surface area (Å²) in [7, 11) is 0. The molecule has 0 radical (unpaired) electrons. The number of nitrogens with two attached hydrogens (primary N) is 1. The highest BCUT2D eigenvalue weighted by atomic mass is 35.5. The van der Waals surface area contributed by atoms with Crippen molar-refractivity contribution < 1.29 is 0 Å². The van der Waals surface area contributed by atoms with Gasteiger partial charge in [-0.2, -0.15) is 0 Å². The first-order chi connectivity index (χ1) is 8.20. The van der Waals surface area contributed by atoms with E-state index in [4.69, 9.17) is 17.4 Å². The van der Waals surface area contributed by atoms with Gasteiger partial charge in [0.15, 0.2) is 0 Å². The number of aromatic nitrogens is 1. The van der Waals surface area contributed by atoms with Crippen molar-refractivity contribution in [1.82, 2.24) is 10.4 Å². The second-order valence-corrected chi connectivity index (χ2v) is 5.29. The molecule has 0 aliphatic rings. The monoisotopic (exact) mass is 267 g/mol. The van der Waals surface area contributed by atoms with Crippen LogP contribution in [0, 0.1) is 6.92 Å². The predicted molar refractivity (Wildman–Crippen MR) is 72.1 cm³/mol. The van der Waals surface area contributed by atoms with Crippen LogP contribution in [0.2, 0.25) is 5.02 Å². The van der Waals surface area contributed by atoms with E-state index < -0.39 is 0 Å². The van der Waals surface area contributed by atoms with E-state index in [1.54, 1.807) is 11.3 Å². The summed E-state index contributed by atoms with van der Waals surface area (Å²) in [5, 5.41) is 0.748. The normalized spacial score (nSPS) is 12.6. The van der Waals surface area contributed by atoms with Crippen LogP contribution in [0.25, 0.3) is 0 Å². The molecule has 0 fully saturated rings. The highest BCUT2D eigenvalue weighted by molar-refractivity contribution is 7.09. The SMILES string of the molecule is Cc1ccc(C(Cc2cncs2)NN)c(Cl)c1. The quantitative estimate of drug-likeness (QED) is 0.662. The van der Waals surface area contributed by atoms with Crippen LogP contribution in [0.5, 0.6) is 0 Å². The molecule has 0 amide bonds. The Morgan fingerprint density at radius 2 is 2.35 bits per heavy atom. The maximum absolute atomic E-state index is 6.24. The molecule has 17 heavy (non-hydrogen) atoms. The number of hydrogen-bond donors (Lipinski definition) is 2. The van der Waals surface area contributed by atoms with Gasteiger partial charge >= 0.3 is 0 Å². The van der Waals surface area contributed by atoms with Crippen LogP contribution in [-0.2, 0) is 6.42 Å². The van der Waals surface area contributed by atoms with Gasteiger partial charge in [-0.1, -0.05) is 23.7 Å². The predicted octanol–water partition coefficient (Wildman–Crippen LogP) is 2.85. The Morgan fingerprint density at radius 1 is 1.53 bits per heavy atom. The summed E-state index contributed by atoms with van der Waals surface area (Å²) in [6.45, 7) is 2.02. The fourth-order valence-electron chi connectivity index (χ4n) is 1.72. The molecule has 0 saturated carbocycles. The van der Waals surface area contributed by atoms with Gasteiger partial charge in [0.05, 0.1) is 11.6 Å². The van der Waals surface area contributed by atoms with Crippen molar-refractivity contribution in [3.05, 3.63) is 50.9 Å². The lowest BCUT2D eigenvalue weighted by atomic mass is 10.0. The van der Waals surface area contributed by atoms with Crippen LogP contribution in [0.4, 0.5) is 0 Å². The Bertz CT molecular complexity index is 485. The summed E-state index contributed by atoms with van der Waals surface area (Å²) >= 11 is 7.86. The van der Waals surface area contributed by atoms with Crippen LogP contribution in [0.1, 0.15) is 22.0 Å². The van der Waals surface area contributed by atoms with Gasteiger partial charge < -0.3 is 0 Å². The molecule has 0 aliphatic carbocycles. The van der Waals surface area contributed by atoms with Gasteiger partial charge in [-0.3, -0.25) is 16.3 Å². The van der Waals surface area contributed by atoms with Crippen LogP contribution in [0.3, 0.4) is 0 Å². The van der Waals surface area contributed by atoms with E-state index in [1.807, 2.05) is 36.8 Å². The maximum atomic E-state index is 6.24.